The number of thiazole rings is 1. The van der Waals surface area contributed by atoms with Crippen molar-refractivity contribution in [3.8, 4) is 0 Å². The van der Waals surface area contributed by atoms with Crippen LogP contribution in [0.25, 0.3) is 0 Å². The van der Waals surface area contributed by atoms with Crippen LogP contribution in [0.2, 0.25) is 0 Å². The summed E-state index contributed by atoms with van der Waals surface area (Å²) in [5, 5.41) is 16.6. The van der Waals surface area contributed by atoms with Gasteiger partial charge in [-0.1, -0.05) is 48.7 Å². The van der Waals surface area contributed by atoms with Gasteiger partial charge in [0.1, 0.15) is 6.10 Å². The second kappa shape index (κ2) is 10.7. The third-order valence-corrected chi connectivity index (χ3v) is 6.60. The van der Waals surface area contributed by atoms with E-state index < -0.39 is 6.10 Å². The first-order valence-electron chi connectivity index (χ1n) is 9.07. The summed E-state index contributed by atoms with van der Waals surface area (Å²) in [6.07, 6.45) is 1.82. The molecule has 2 heterocycles. The summed E-state index contributed by atoms with van der Waals surface area (Å²) >= 11 is 3.20. The summed E-state index contributed by atoms with van der Waals surface area (Å²) in [5.74, 6) is 0.879. The van der Waals surface area contributed by atoms with Crippen LogP contribution in [0.1, 0.15) is 23.7 Å². The fraction of sp³-hybridized carbons (Fsp3) is 0.238. The number of carbonyl (C=O) groups is 1. The Kier molecular flexibility index (Phi) is 8.27. The smallest absolute Gasteiger partial charge is 0.322 e. The van der Waals surface area contributed by atoms with E-state index in [1.165, 1.54) is 11.3 Å². The van der Waals surface area contributed by atoms with E-state index in [1.54, 1.807) is 22.9 Å². The number of amides is 2. The maximum absolute atomic E-state index is 12.5. The number of hydrogen-bond donors (Lipinski definition) is 2. The molecule has 0 saturated carbocycles. The van der Waals surface area contributed by atoms with Gasteiger partial charge in [-0.25, -0.2) is 4.79 Å². The standard InChI is InChI=1S/C21H20N3O2S2.Y/c25-19(15-5-2-1-3-6-15)16-7-4-8-17(13-16)24-18(14-23-20(24)26)9-11-27-21-22-10-12-28-21;/h1-8,10,13,18-19,25H,9,11,14H2,(H,23,26);/q-1;/t18-,19?;/m0./s1. The molecule has 147 valence electrons. The Balaban J connectivity index is 0.00000240. The van der Waals surface area contributed by atoms with Crippen molar-refractivity contribution in [2.75, 3.05) is 17.2 Å². The van der Waals surface area contributed by atoms with Crippen molar-refractivity contribution in [3.05, 3.63) is 77.3 Å². The van der Waals surface area contributed by atoms with E-state index in [4.69, 9.17) is 0 Å². The largest absolute Gasteiger partial charge is 0.384 e. The number of aromatic nitrogens is 1. The van der Waals surface area contributed by atoms with E-state index >= 15 is 0 Å². The minimum absolute atomic E-state index is 0. The van der Waals surface area contributed by atoms with Crippen molar-refractivity contribution < 1.29 is 42.6 Å². The number of benzene rings is 2. The minimum Gasteiger partial charge on any atom is -0.384 e. The van der Waals surface area contributed by atoms with Gasteiger partial charge in [-0.05, 0) is 39.8 Å². The number of hydrogen-bond acceptors (Lipinski definition) is 5. The zero-order chi connectivity index (χ0) is 19.3. The van der Waals surface area contributed by atoms with Crippen LogP contribution in [0, 0.1) is 5.38 Å². The molecule has 1 saturated heterocycles. The molecule has 4 rings (SSSR count). The Hall–Kier alpha value is -1.25. The molecule has 1 aliphatic rings. The molecule has 2 atom stereocenters. The molecule has 1 radical (unpaired) electrons. The molecule has 0 aliphatic carbocycles. The van der Waals surface area contributed by atoms with Gasteiger partial charge in [0.2, 0.25) is 0 Å². The molecule has 8 heteroatoms. The minimum atomic E-state index is -0.720. The number of aliphatic hydroxyl groups is 1. The third kappa shape index (κ3) is 5.47. The summed E-state index contributed by atoms with van der Waals surface area (Å²) in [7, 11) is 0. The number of urea groups is 1. The summed E-state index contributed by atoms with van der Waals surface area (Å²) in [4.78, 5) is 18.5. The maximum atomic E-state index is 12.5. The van der Waals surface area contributed by atoms with Crippen molar-refractivity contribution in [2.45, 2.75) is 22.9 Å². The van der Waals surface area contributed by atoms with Crippen molar-refractivity contribution in [3.63, 3.8) is 0 Å². The van der Waals surface area contributed by atoms with Crippen LogP contribution in [0.15, 0.2) is 65.1 Å². The van der Waals surface area contributed by atoms with Crippen LogP contribution in [0.5, 0.6) is 0 Å². The Morgan fingerprint density at radius 3 is 2.79 bits per heavy atom. The molecule has 3 aromatic rings. The zero-order valence-electron chi connectivity index (χ0n) is 15.7. The Labute approximate surface area is 203 Å². The maximum Gasteiger partial charge on any atom is 0.322 e. The Bertz CT molecular complexity index is 925. The number of rotatable bonds is 7. The number of nitrogens with zero attached hydrogens (tertiary/aromatic N) is 2. The molecular formula is C21H20N3O2S2Y-. The fourth-order valence-corrected chi connectivity index (χ4v) is 4.94. The second-order valence-corrected chi connectivity index (χ2v) is 8.67. The van der Waals surface area contributed by atoms with Gasteiger partial charge in [0.15, 0.2) is 0 Å². The van der Waals surface area contributed by atoms with E-state index in [0.717, 1.165) is 33.3 Å². The number of thioether (sulfide) groups is 1. The SMILES string of the molecule is O=C1NC[C@H](CCSc2nc[c-]s2)N1c1cccc(C(O)c2ccccc2)c1.[Y]. The molecule has 29 heavy (non-hydrogen) atoms. The van der Waals surface area contributed by atoms with Crippen molar-refractivity contribution in [1.29, 1.82) is 0 Å². The van der Waals surface area contributed by atoms with E-state index in [-0.39, 0.29) is 44.8 Å². The average Bonchev–Trinajstić information content (AvgIpc) is 3.38. The fourth-order valence-electron chi connectivity index (χ4n) is 3.31. The number of anilines is 1. The van der Waals surface area contributed by atoms with Crippen LogP contribution >= 0.6 is 23.1 Å². The predicted octanol–water partition coefficient (Wildman–Crippen LogP) is 4.10. The van der Waals surface area contributed by atoms with Crippen LogP contribution in [-0.4, -0.2) is 34.5 Å². The van der Waals surface area contributed by atoms with Gasteiger partial charge in [-0.15, -0.1) is 0 Å². The molecular weight excluding hydrogens is 479 g/mol. The first-order chi connectivity index (χ1) is 13.7. The van der Waals surface area contributed by atoms with E-state index in [2.05, 4.69) is 15.7 Å². The first kappa shape index (κ1) is 22.4. The predicted molar refractivity (Wildman–Crippen MR) is 113 cm³/mol. The van der Waals surface area contributed by atoms with Gasteiger partial charge in [-0.2, -0.15) is 17.1 Å². The summed E-state index contributed by atoms with van der Waals surface area (Å²) in [5.41, 5.74) is 2.41. The van der Waals surface area contributed by atoms with Gasteiger partial charge in [0, 0.05) is 44.9 Å². The van der Waals surface area contributed by atoms with Gasteiger partial charge in [0.05, 0.1) is 6.04 Å². The van der Waals surface area contributed by atoms with Crippen LogP contribution < -0.4 is 10.2 Å². The molecule has 2 aromatic carbocycles. The quantitative estimate of drug-likeness (QED) is 0.380. The molecule has 2 N–H and O–H groups in total. The van der Waals surface area contributed by atoms with Crippen molar-refractivity contribution in [1.82, 2.24) is 10.3 Å². The van der Waals surface area contributed by atoms with Gasteiger partial charge in [-0.3, -0.25) is 4.90 Å². The topological polar surface area (TPSA) is 65.5 Å². The van der Waals surface area contributed by atoms with Crippen molar-refractivity contribution in [2.24, 2.45) is 0 Å². The molecule has 1 aromatic heterocycles. The third-order valence-electron chi connectivity index (χ3n) is 4.70. The summed E-state index contributed by atoms with van der Waals surface area (Å²) in [6.45, 7) is 0.620. The Morgan fingerprint density at radius 1 is 1.24 bits per heavy atom. The van der Waals surface area contributed by atoms with Crippen LogP contribution in [0.4, 0.5) is 10.5 Å². The second-order valence-electron chi connectivity index (χ2n) is 6.50. The van der Waals surface area contributed by atoms with E-state index in [9.17, 15) is 9.90 Å². The molecule has 2 amide bonds. The number of nitrogens with one attached hydrogen (secondary N) is 1. The molecule has 1 aliphatic heterocycles. The summed E-state index contributed by atoms with van der Waals surface area (Å²) in [6, 6.07) is 17.1. The average molecular weight is 499 g/mol. The molecule has 1 unspecified atom stereocenters. The number of carbonyl (C=O) groups excluding carboxylic acids is 1. The van der Waals surface area contributed by atoms with Crippen molar-refractivity contribution >= 4 is 34.8 Å². The van der Waals surface area contributed by atoms with Crippen LogP contribution in [0.3, 0.4) is 0 Å². The molecule has 5 nitrogen and oxygen atoms in total. The van der Waals surface area contributed by atoms with Gasteiger partial charge in [0.25, 0.3) is 0 Å². The first-order valence-corrected chi connectivity index (χ1v) is 10.9. The molecule has 0 bridgehead atoms. The Morgan fingerprint density at radius 2 is 2.03 bits per heavy atom. The van der Waals surface area contributed by atoms with E-state index in [0.29, 0.717) is 6.54 Å². The van der Waals surface area contributed by atoms with Gasteiger partial charge < -0.3 is 26.7 Å². The van der Waals surface area contributed by atoms with E-state index in [1.807, 2.05) is 54.6 Å². The normalized spacial score (nSPS) is 16.9. The molecule has 1 fully saturated rings. The summed E-state index contributed by atoms with van der Waals surface area (Å²) < 4.78 is 0.997. The molecule has 0 spiro atoms. The van der Waals surface area contributed by atoms with Crippen LogP contribution in [-0.2, 0) is 32.7 Å². The van der Waals surface area contributed by atoms with Gasteiger partial charge >= 0.3 is 6.03 Å². The monoisotopic (exact) mass is 499 g/mol. The number of aliphatic hydroxyl groups excluding tert-OH is 1. The zero-order valence-corrected chi connectivity index (χ0v) is 20.2.